The molecule has 0 saturated carbocycles. The largest absolute Gasteiger partial charge is 0.394 e. The van der Waals surface area contributed by atoms with Crippen LogP contribution in [-0.2, 0) is 4.79 Å². The van der Waals surface area contributed by atoms with E-state index in [9.17, 15) is 20.1 Å². The van der Waals surface area contributed by atoms with Crippen molar-refractivity contribution in [2.75, 3.05) is 6.61 Å². The monoisotopic (exact) mass is 716 g/mol. The maximum atomic E-state index is 12.4. The summed E-state index contributed by atoms with van der Waals surface area (Å²) in [5.41, 5.74) is 0. The standard InChI is InChI=1S/C46H85NO4/c1-3-5-7-9-11-13-15-17-19-20-21-22-23-24-25-26-27-29-31-33-35-37-39-41-45(50)47-43(42-48)46(51)44(49)40-38-36-34-32-30-28-18-16-14-12-10-8-6-4-2/h16,18,21-22,24-25,32,34,43-44,46,48-49,51H,3-15,17,19-20,23,26-31,33,35-42H2,1-2H3,(H,47,50)/b18-16+,22-21-,25-24-,34-32+. The van der Waals surface area contributed by atoms with E-state index in [0.717, 1.165) is 57.8 Å². The van der Waals surface area contributed by atoms with Gasteiger partial charge in [0.05, 0.1) is 18.8 Å². The molecule has 0 aliphatic heterocycles. The molecule has 3 unspecified atom stereocenters. The van der Waals surface area contributed by atoms with Gasteiger partial charge in [0, 0.05) is 6.42 Å². The number of carbonyl (C=O) groups is 1. The molecule has 0 bridgehead atoms. The molecule has 0 aromatic rings. The molecule has 298 valence electrons. The van der Waals surface area contributed by atoms with Crippen LogP contribution in [-0.4, -0.2) is 46.1 Å². The minimum atomic E-state index is -1.17. The van der Waals surface area contributed by atoms with E-state index in [1.165, 1.54) is 128 Å². The van der Waals surface area contributed by atoms with Crippen LogP contribution in [0, 0.1) is 0 Å². The Morgan fingerprint density at radius 3 is 1.31 bits per heavy atom. The summed E-state index contributed by atoms with van der Waals surface area (Å²) in [6.45, 7) is 4.14. The van der Waals surface area contributed by atoms with Crippen LogP contribution in [0.2, 0.25) is 0 Å². The van der Waals surface area contributed by atoms with Crippen LogP contribution in [0.15, 0.2) is 48.6 Å². The van der Waals surface area contributed by atoms with Gasteiger partial charge >= 0.3 is 0 Å². The lowest BCUT2D eigenvalue weighted by Gasteiger charge is -2.26. The Balaban J connectivity index is 3.70. The third kappa shape index (κ3) is 36.5. The number of aliphatic hydroxyl groups is 3. The van der Waals surface area contributed by atoms with Gasteiger partial charge in [-0.15, -0.1) is 0 Å². The van der Waals surface area contributed by atoms with Gasteiger partial charge in [0.25, 0.3) is 0 Å². The van der Waals surface area contributed by atoms with Crippen molar-refractivity contribution < 1.29 is 20.1 Å². The van der Waals surface area contributed by atoms with Gasteiger partial charge in [-0.2, -0.15) is 0 Å². The van der Waals surface area contributed by atoms with E-state index in [1.54, 1.807) is 0 Å². The quantitative estimate of drug-likeness (QED) is 0.0377. The van der Waals surface area contributed by atoms with Gasteiger partial charge in [-0.25, -0.2) is 0 Å². The number of hydrogen-bond donors (Lipinski definition) is 4. The van der Waals surface area contributed by atoms with Crippen molar-refractivity contribution in [2.24, 2.45) is 0 Å². The van der Waals surface area contributed by atoms with Crippen molar-refractivity contribution in [2.45, 2.75) is 231 Å². The molecule has 5 heteroatoms. The highest BCUT2D eigenvalue weighted by molar-refractivity contribution is 5.76. The van der Waals surface area contributed by atoms with Crippen LogP contribution in [0.1, 0.15) is 213 Å². The molecule has 0 saturated heterocycles. The van der Waals surface area contributed by atoms with E-state index in [-0.39, 0.29) is 12.5 Å². The molecule has 0 heterocycles. The maximum absolute atomic E-state index is 12.4. The van der Waals surface area contributed by atoms with Gasteiger partial charge in [-0.05, 0) is 83.5 Å². The van der Waals surface area contributed by atoms with E-state index in [1.807, 2.05) is 0 Å². The molecule has 51 heavy (non-hydrogen) atoms. The molecular formula is C46H85NO4. The first-order chi connectivity index (χ1) is 25.1. The first-order valence-electron chi connectivity index (χ1n) is 21.9. The van der Waals surface area contributed by atoms with E-state index >= 15 is 0 Å². The SMILES string of the molecule is CCCCCCC/C=C/CC/C=C/CCCC(O)C(O)C(CO)NC(=O)CCCCCCCCC/C=C\C/C=C\CCCCCCCCCCC. The Morgan fingerprint density at radius 2 is 0.863 bits per heavy atom. The lowest BCUT2D eigenvalue weighted by molar-refractivity contribution is -0.124. The molecule has 1 amide bonds. The lowest BCUT2D eigenvalue weighted by atomic mass is 10.0. The highest BCUT2D eigenvalue weighted by Crippen LogP contribution is 2.14. The second kappa shape index (κ2) is 41.1. The van der Waals surface area contributed by atoms with Crippen LogP contribution in [0.3, 0.4) is 0 Å². The third-order valence-electron chi connectivity index (χ3n) is 9.88. The summed E-state index contributed by atoms with van der Waals surface area (Å²) in [5, 5.41) is 33.4. The maximum Gasteiger partial charge on any atom is 0.220 e. The summed E-state index contributed by atoms with van der Waals surface area (Å²) < 4.78 is 0. The predicted octanol–water partition coefficient (Wildman–Crippen LogP) is 12.5. The van der Waals surface area contributed by atoms with Gasteiger partial charge in [0.1, 0.15) is 6.10 Å². The molecule has 0 rings (SSSR count). The van der Waals surface area contributed by atoms with Gasteiger partial charge in [-0.3, -0.25) is 4.79 Å². The van der Waals surface area contributed by atoms with Crippen molar-refractivity contribution in [3.63, 3.8) is 0 Å². The topological polar surface area (TPSA) is 89.8 Å². The molecular weight excluding hydrogens is 631 g/mol. The first-order valence-corrected chi connectivity index (χ1v) is 21.9. The Morgan fingerprint density at radius 1 is 0.490 bits per heavy atom. The van der Waals surface area contributed by atoms with Gasteiger partial charge in [-0.1, -0.05) is 172 Å². The zero-order valence-electron chi connectivity index (χ0n) is 33.7. The van der Waals surface area contributed by atoms with Crippen LogP contribution >= 0.6 is 0 Å². The normalized spacial score (nSPS) is 14.1. The van der Waals surface area contributed by atoms with E-state index in [0.29, 0.717) is 12.8 Å². The van der Waals surface area contributed by atoms with Gasteiger partial charge in [0.15, 0.2) is 0 Å². The highest BCUT2D eigenvalue weighted by Gasteiger charge is 2.26. The summed E-state index contributed by atoms with van der Waals surface area (Å²) >= 11 is 0. The molecule has 3 atom stereocenters. The molecule has 0 fully saturated rings. The number of hydrogen-bond acceptors (Lipinski definition) is 4. The Labute approximate surface area is 316 Å². The molecule has 0 aliphatic carbocycles. The average molecular weight is 716 g/mol. The molecule has 0 aromatic carbocycles. The van der Waals surface area contributed by atoms with Crippen molar-refractivity contribution in [3.05, 3.63) is 48.6 Å². The van der Waals surface area contributed by atoms with Crippen molar-refractivity contribution >= 4 is 5.91 Å². The zero-order chi connectivity index (χ0) is 37.3. The second-order valence-corrected chi connectivity index (χ2v) is 14.9. The fourth-order valence-corrected chi connectivity index (χ4v) is 6.44. The van der Waals surface area contributed by atoms with Crippen molar-refractivity contribution in [1.82, 2.24) is 5.32 Å². The van der Waals surface area contributed by atoms with Gasteiger partial charge in [0.2, 0.25) is 5.91 Å². The third-order valence-corrected chi connectivity index (χ3v) is 9.88. The van der Waals surface area contributed by atoms with Crippen LogP contribution in [0.25, 0.3) is 0 Å². The Bertz CT molecular complexity index is 835. The number of carbonyl (C=O) groups excluding carboxylic acids is 1. The fourth-order valence-electron chi connectivity index (χ4n) is 6.44. The fraction of sp³-hybridized carbons (Fsp3) is 0.804. The lowest BCUT2D eigenvalue weighted by Crippen LogP contribution is -2.50. The molecule has 0 radical (unpaired) electrons. The van der Waals surface area contributed by atoms with Crippen LogP contribution in [0.4, 0.5) is 0 Å². The molecule has 0 spiro atoms. The number of rotatable bonds is 39. The van der Waals surface area contributed by atoms with Crippen LogP contribution < -0.4 is 5.32 Å². The summed E-state index contributed by atoms with van der Waals surface area (Å²) in [5.74, 6) is -0.168. The molecule has 5 nitrogen and oxygen atoms in total. The Kier molecular flexibility index (Phi) is 39.7. The van der Waals surface area contributed by atoms with E-state index in [2.05, 4.69) is 67.8 Å². The number of nitrogens with one attached hydrogen (secondary N) is 1. The summed E-state index contributed by atoms with van der Waals surface area (Å²) in [4.78, 5) is 12.4. The van der Waals surface area contributed by atoms with Crippen molar-refractivity contribution in [3.8, 4) is 0 Å². The number of unbranched alkanes of at least 4 members (excludes halogenated alkanes) is 23. The van der Waals surface area contributed by atoms with E-state index in [4.69, 9.17) is 0 Å². The summed E-state index contributed by atoms with van der Waals surface area (Å²) in [6, 6.07) is -0.837. The minimum absolute atomic E-state index is 0.168. The van der Waals surface area contributed by atoms with Crippen LogP contribution in [0.5, 0.6) is 0 Å². The highest BCUT2D eigenvalue weighted by atomic mass is 16.3. The molecule has 4 N–H and O–H groups in total. The van der Waals surface area contributed by atoms with Crippen molar-refractivity contribution in [1.29, 1.82) is 0 Å². The second-order valence-electron chi connectivity index (χ2n) is 14.9. The van der Waals surface area contributed by atoms with Gasteiger partial charge < -0.3 is 20.6 Å². The smallest absolute Gasteiger partial charge is 0.220 e. The molecule has 0 aromatic heterocycles. The number of allylic oxidation sites excluding steroid dienone is 8. The predicted molar refractivity (Wildman–Crippen MR) is 222 cm³/mol. The summed E-state index contributed by atoms with van der Waals surface area (Å²) in [7, 11) is 0. The minimum Gasteiger partial charge on any atom is -0.394 e. The molecule has 0 aliphatic rings. The summed E-state index contributed by atoms with van der Waals surface area (Å²) in [6.07, 6.45) is 52.2. The first kappa shape index (κ1) is 49.3. The zero-order valence-corrected chi connectivity index (χ0v) is 33.7. The van der Waals surface area contributed by atoms with E-state index < -0.39 is 18.2 Å². The average Bonchev–Trinajstić information content (AvgIpc) is 3.13. The number of amides is 1. The Hall–Kier alpha value is -1.69. The number of aliphatic hydroxyl groups excluding tert-OH is 3.